The second-order valence-corrected chi connectivity index (χ2v) is 4.22. The summed E-state index contributed by atoms with van der Waals surface area (Å²) in [7, 11) is 0. The van der Waals surface area contributed by atoms with Gasteiger partial charge in [-0.25, -0.2) is 9.97 Å². The maximum absolute atomic E-state index is 10.7. The third kappa shape index (κ3) is 3.32. The molecule has 0 fully saturated rings. The minimum Gasteiger partial charge on any atom is -0.258 e. The Labute approximate surface area is 96.4 Å². The molecule has 0 radical (unpaired) electrons. The van der Waals surface area contributed by atoms with Gasteiger partial charge in [0.2, 0.25) is 5.15 Å². The number of hydrogen-bond donors (Lipinski definition) is 0. The summed E-state index contributed by atoms with van der Waals surface area (Å²) in [5.74, 6) is 0.796. The number of aromatic nitrogens is 2. The lowest BCUT2D eigenvalue weighted by Gasteiger charge is -2.01. The van der Waals surface area contributed by atoms with E-state index in [1.54, 1.807) is 0 Å². The molecule has 0 saturated heterocycles. The summed E-state index contributed by atoms with van der Waals surface area (Å²) in [6.45, 7) is 2.06. The number of nitrogens with zero attached hydrogens (tertiary/aromatic N) is 3. The Hall–Kier alpha value is -0.880. The van der Waals surface area contributed by atoms with Crippen LogP contribution in [0.3, 0.4) is 0 Å². The van der Waals surface area contributed by atoms with Gasteiger partial charge < -0.3 is 0 Å². The van der Waals surface area contributed by atoms with E-state index in [1.165, 1.54) is 18.1 Å². The maximum Gasteiger partial charge on any atom is 0.338 e. The standard InChI is InChI=1S/C8H10ClN3O2S/c1-2-3-4-15-8-6(12(13)14)7(9)10-5-11-8/h5H,2-4H2,1H3. The van der Waals surface area contributed by atoms with Crippen molar-refractivity contribution in [3.63, 3.8) is 0 Å². The molecule has 0 aliphatic carbocycles. The van der Waals surface area contributed by atoms with E-state index in [-0.39, 0.29) is 10.8 Å². The molecule has 0 aliphatic heterocycles. The highest BCUT2D eigenvalue weighted by atomic mass is 35.5. The lowest BCUT2D eigenvalue weighted by atomic mass is 10.4. The molecule has 1 heterocycles. The van der Waals surface area contributed by atoms with Gasteiger partial charge in [0.15, 0.2) is 5.03 Å². The van der Waals surface area contributed by atoms with Gasteiger partial charge in [0.1, 0.15) is 6.33 Å². The fraction of sp³-hybridized carbons (Fsp3) is 0.500. The summed E-state index contributed by atoms with van der Waals surface area (Å²) >= 11 is 6.97. The smallest absolute Gasteiger partial charge is 0.258 e. The van der Waals surface area contributed by atoms with Crippen molar-refractivity contribution in [1.82, 2.24) is 9.97 Å². The summed E-state index contributed by atoms with van der Waals surface area (Å²) in [6, 6.07) is 0. The molecule has 0 amide bonds. The third-order valence-electron chi connectivity index (χ3n) is 1.66. The van der Waals surface area contributed by atoms with Crippen LogP contribution in [0.25, 0.3) is 0 Å². The summed E-state index contributed by atoms with van der Waals surface area (Å²) in [5.41, 5.74) is -0.194. The van der Waals surface area contributed by atoms with Crippen molar-refractivity contribution in [2.75, 3.05) is 5.75 Å². The molecule has 0 atom stereocenters. The van der Waals surface area contributed by atoms with Crippen molar-refractivity contribution in [1.29, 1.82) is 0 Å². The molecule has 1 aromatic rings. The van der Waals surface area contributed by atoms with E-state index in [2.05, 4.69) is 16.9 Å². The van der Waals surface area contributed by atoms with Crippen LogP contribution in [0, 0.1) is 10.1 Å². The molecule has 0 N–H and O–H groups in total. The average Bonchev–Trinajstić information content (AvgIpc) is 2.17. The Balaban J connectivity index is 2.86. The van der Waals surface area contributed by atoms with Crippen LogP contribution >= 0.6 is 23.4 Å². The summed E-state index contributed by atoms with van der Waals surface area (Å²) in [4.78, 5) is 17.6. The molecular weight excluding hydrogens is 238 g/mol. The molecule has 7 heteroatoms. The maximum atomic E-state index is 10.7. The minimum atomic E-state index is -0.545. The highest BCUT2D eigenvalue weighted by Crippen LogP contribution is 2.31. The highest BCUT2D eigenvalue weighted by Gasteiger charge is 2.21. The van der Waals surface area contributed by atoms with Gasteiger partial charge in [-0.3, -0.25) is 10.1 Å². The quantitative estimate of drug-likeness (QED) is 0.263. The first-order valence-corrected chi connectivity index (χ1v) is 5.80. The Morgan fingerprint density at radius 3 is 2.93 bits per heavy atom. The molecule has 82 valence electrons. The largest absolute Gasteiger partial charge is 0.338 e. The zero-order valence-electron chi connectivity index (χ0n) is 8.14. The van der Waals surface area contributed by atoms with Crippen molar-refractivity contribution in [2.45, 2.75) is 24.8 Å². The van der Waals surface area contributed by atoms with Gasteiger partial charge in [0.25, 0.3) is 0 Å². The lowest BCUT2D eigenvalue weighted by Crippen LogP contribution is -1.97. The van der Waals surface area contributed by atoms with Crippen LogP contribution < -0.4 is 0 Å². The monoisotopic (exact) mass is 247 g/mol. The molecular formula is C8H10ClN3O2S. The zero-order chi connectivity index (χ0) is 11.3. The normalized spacial score (nSPS) is 10.3. The summed E-state index contributed by atoms with van der Waals surface area (Å²) in [5, 5.41) is 10.9. The number of hydrogen-bond acceptors (Lipinski definition) is 5. The van der Waals surface area contributed by atoms with Crippen molar-refractivity contribution in [3.05, 3.63) is 21.6 Å². The van der Waals surface area contributed by atoms with Gasteiger partial charge in [-0.1, -0.05) is 36.7 Å². The van der Waals surface area contributed by atoms with E-state index in [0.29, 0.717) is 5.03 Å². The number of halogens is 1. The topological polar surface area (TPSA) is 68.9 Å². The number of rotatable bonds is 5. The van der Waals surface area contributed by atoms with Crippen LogP contribution in [-0.2, 0) is 0 Å². The fourth-order valence-corrected chi connectivity index (χ4v) is 2.23. The van der Waals surface area contributed by atoms with Gasteiger partial charge >= 0.3 is 5.69 Å². The predicted molar refractivity (Wildman–Crippen MR) is 59.3 cm³/mol. The van der Waals surface area contributed by atoms with Crippen LogP contribution in [-0.4, -0.2) is 20.6 Å². The Morgan fingerprint density at radius 1 is 1.60 bits per heavy atom. The van der Waals surface area contributed by atoms with Crippen LogP contribution in [0.1, 0.15) is 19.8 Å². The predicted octanol–water partition coefficient (Wildman–Crippen LogP) is 2.93. The average molecular weight is 248 g/mol. The van der Waals surface area contributed by atoms with E-state index in [9.17, 15) is 10.1 Å². The van der Waals surface area contributed by atoms with Crippen LogP contribution in [0.15, 0.2) is 11.4 Å². The SMILES string of the molecule is CCCCSc1ncnc(Cl)c1[N+](=O)[O-]. The van der Waals surface area contributed by atoms with Gasteiger partial charge in [-0.2, -0.15) is 0 Å². The van der Waals surface area contributed by atoms with Gasteiger partial charge in [0.05, 0.1) is 4.92 Å². The van der Waals surface area contributed by atoms with Crippen LogP contribution in [0.5, 0.6) is 0 Å². The fourth-order valence-electron chi connectivity index (χ4n) is 0.915. The molecule has 1 aromatic heterocycles. The summed E-state index contributed by atoms with van der Waals surface area (Å²) in [6.07, 6.45) is 3.27. The number of thioether (sulfide) groups is 1. The van der Waals surface area contributed by atoms with E-state index < -0.39 is 4.92 Å². The first kappa shape index (κ1) is 12.2. The van der Waals surface area contributed by atoms with E-state index in [0.717, 1.165) is 18.6 Å². The highest BCUT2D eigenvalue weighted by molar-refractivity contribution is 7.99. The van der Waals surface area contributed by atoms with Crippen molar-refractivity contribution < 1.29 is 4.92 Å². The molecule has 0 unspecified atom stereocenters. The van der Waals surface area contributed by atoms with Gasteiger partial charge in [-0.15, -0.1) is 0 Å². The molecule has 0 aromatic carbocycles. The zero-order valence-corrected chi connectivity index (χ0v) is 9.72. The molecule has 1 rings (SSSR count). The number of nitro groups is 1. The summed E-state index contributed by atoms with van der Waals surface area (Å²) < 4.78 is 0. The Kier molecular flexibility index (Phi) is 4.77. The van der Waals surface area contributed by atoms with Crippen molar-refractivity contribution in [3.8, 4) is 0 Å². The lowest BCUT2D eigenvalue weighted by molar-refractivity contribution is -0.388. The second kappa shape index (κ2) is 5.87. The van der Waals surface area contributed by atoms with E-state index in [4.69, 9.17) is 11.6 Å². The third-order valence-corrected chi connectivity index (χ3v) is 3.00. The van der Waals surface area contributed by atoms with E-state index >= 15 is 0 Å². The molecule has 5 nitrogen and oxygen atoms in total. The van der Waals surface area contributed by atoms with Gasteiger partial charge in [0, 0.05) is 0 Å². The van der Waals surface area contributed by atoms with Crippen molar-refractivity contribution in [2.24, 2.45) is 0 Å². The molecule has 0 aliphatic rings. The Bertz CT molecular complexity index is 362. The Morgan fingerprint density at radius 2 is 2.33 bits per heavy atom. The number of unbranched alkanes of at least 4 members (excludes halogenated alkanes) is 1. The second-order valence-electron chi connectivity index (χ2n) is 2.78. The molecule has 15 heavy (non-hydrogen) atoms. The van der Waals surface area contributed by atoms with Crippen LogP contribution in [0.4, 0.5) is 5.69 Å². The molecule has 0 saturated carbocycles. The first-order chi connectivity index (χ1) is 7.16. The van der Waals surface area contributed by atoms with Crippen LogP contribution in [0.2, 0.25) is 5.15 Å². The van der Waals surface area contributed by atoms with Crippen molar-refractivity contribution >= 4 is 29.1 Å². The molecule has 0 spiro atoms. The van der Waals surface area contributed by atoms with Gasteiger partial charge in [-0.05, 0) is 12.2 Å². The molecule has 0 bridgehead atoms. The van der Waals surface area contributed by atoms with E-state index in [1.807, 2.05) is 0 Å². The minimum absolute atomic E-state index is 0.103. The first-order valence-electron chi connectivity index (χ1n) is 4.44.